The van der Waals surface area contributed by atoms with Gasteiger partial charge in [-0.15, -0.1) is 17.5 Å². The zero-order valence-electron chi connectivity index (χ0n) is 16.9. The minimum atomic E-state index is -0.0361. The Bertz CT molecular complexity index is 754. The Balaban J connectivity index is 0.00000210. The number of rotatable bonds is 5. The van der Waals surface area contributed by atoms with E-state index in [0.717, 1.165) is 37.7 Å². The predicted molar refractivity (Wildman–Crippen MR) is 108 cm³/mol. The van der Waals surface area contributed by atoms with Crippen LogP contribution in [0, 0.1) is 5.41 Å². The van der Waals surface area contributed by atoms with Crippen molar-refractivity contribution in [1.29, 1.82) is 0 Å². The summed E-state index contributed by atoms with van der Waals surface area (Å²) in [6.45, 7) is 10.5. The SMILES string of the molecule is Cl.Cn1ccnc1CN(Cc1cn(C(C)(C)C)nn1)C1CC12CCNCC2. The van der Waals surface area contributed by atoms with Crippen molar-refractivity contribution in [2.75, 3.05) is 13.1 Å². The summed E-state index contributed by atoms with van der Waals surface area (Å²) in [4.78, 5) is 7.13. The van der Waals surface area contributed by atoms with E-state index in [2.05, 4.69) is 64.1 Å². The molecule has 2 aromatic rings. The van der Waals surface area contributed by atoms with Gasteiger partial charge in [-0.3, -0.25) is 4.90 Å². The van der Waals surface area contributed by atoms with Crippen molar-refractivity contribution < 1.29 is 0 Å². The van der Waals surface area contributed by atoms with E-state index < -0.39 is 0 Å². The number of aromatic nitrogens is 5. The molecule has 8 heteroatoms. The summed E-state index contributed by atoms with van der Waals surface area (Å²) in [7, 11) is 2.07. The molecule has 1 spiro atoms. The van der Waals surface area contributed by atoms with Crippen molar-refractivity contribution in [3.63, 3.8) is 0 Å². The number of piperidine rings is 1. The largest absolute Gasteiger partial charge is 0.337 e. The highest BCUT2D eigenvalue weighted by Gasteiger charge is 2.56. The normalized spacial score (nSPS) is 21.4. The first-order valence-electron chi connectivity index (χ1n) is 9.70. The van der Waals surface area contributed by atoms with Gasteiger partial charge < -0.3 is 9.88 Å². The van der Waals surface area contributed by atoms with Gasteiger partial charge in [0.05, 0.1) is 24.0 Å². The molecule has 0 bridgehead atoms. The summed E-state index contributed by atoms with van der Waals surface area (Å²) >= 11 is 0. The lowest BCUT2D eigenvalue weighted by Gasteiger charge is -2.29. The number of halogens is 1. The topological polar surface area (TPSA) is 63.8 Å². The predicted octanol–water partition coefficient (Wildman–Crippen LogP) is 2.33. The Hall–Kier alpha value is -1.44. The number of nitrogens with one attached hydrogen (secondary N) is 1. The molecule has 1 aliphatic carbocycles. The van der Waals surface area contributed by atoms with E-state index in [1.807, 2.05) is 17.1 Å². The fourth-order valence-corrected chi connectivity index (χ4v) is 4.22. The third kappa shape index (κ3) is 4.20. The Morgan fingerprint density at radius 2 is 2.00 bits per heavy atom. The van der Waals surface area contributed by atoms with Crippen molar-refractivity contribution in [3.05, 3.63) is 30.1 Å². The molecule has 1 unspecified atom stereocenters. The molecule has 4 rings (SSSR count). The van der Waals surface area contributed by atoms with Gasteiger partial charge in [0.2, 0.25) is 0 Å². The van der Waals surface area contributed by atoms with Crippen LogP contribution in [0.2, 0.25) is 0 Å². The van der Waals surface area contributed by atoms with E-state index in [1.54, 1.807) is 0 Å². The summed E-state index contributed by atoms with van der Waals surface area (Å²) < 4.78 is 4.09. The second-order valence-electron chi connectivity index (χ2n) is 9.02. The molecule has 1 saturated carbocycles. The van der Waals surface area contributed by atoms with Gasteiger partial charge in [0.15, 0.2) is 0 Å². The molecule has 2 aromatic heterocycles. The highest BCUT2D eigenvalue weighted by molar-refractivity contribution is 5.85. The van der Waals surface area contributed by atoms with Gasteiger partial charge in [-0.2, -0.15) is 0 Å². The molecular formula is C19H32ClN7. The second kappa shape index (κ2) is 7.53. The molecule has 1 atom stereocenters. The van der Waals surface area contributed by atoms with E-state index >= 15 is 0 Å². The van der Waals surface area contributed by atoms with Crippen molar-refractivity contribution in [1.82, 2.24) is 34.8 Å². The molecule has 3 heterocycles. The number of nitrogens with zero attached hydrogens (tertiary/aromatic N) is 6. The Morgan fingerprint density at radius 3 is 2.59 bits per heavy atom. The molecule has 27 heavy (non-hydrogen) atoms. The van der Waals surface area contributed by atoms with Gasteiger partial charge in [0.25, 0.3) is 0 Å². The van der Waals surface area contributed by atoms with Crippen LogP contribution in [0.15, 0.2) is 18.6 Å². The maximum Gasteiger partial charge on any atom is 0.122 e. The van der Waals surface area contributed by atoms with Crippen LogP contribution in [0.4, 0.5) is 0 Å². The Kier molecular flexibility index (Phi) is 5.66. The third-order valence-corrected chi connectivity index (χ3v) is 6.05. The Morgan fingerprint density at radius 1 is 1.26 bits per heavy atom. The zero-order valence-corrected chi connectivity index (χ0v) is 17.7. The summed E-state index contributed by atoms with van der Waals surface area (Å²) in [5, 5.41) is 12.3. The fourth-order valence-electron chi connectivity index (χ4n) is 4.22. The summed E-state index contributed by atoms with van der Waals surface area (Å²) in [6.07, 6.45) is 9.87. The number of hydrogen-bond donors (Lipinski definition) is 1. The average Bonchev–Trinajstić information content (AvgIpc) is 2.94. The standard InChI is InChI=1S/C19H31N7.ClH/c1-18(2,3)26-13-15(22-23-26)12-25(14-17-21-9-10-24(17)4)16-11-19(16)5-7-20-8-6-19;/h9-10,13,16,20H,5-8,11-12,14H2,1-4H3;1H. The van der Waals surface area contributed by atoms with Gasteiger partial charge in [-0.05, 0) is 58.5 Å². The molecule has 7 nitrogen and oxygen atoms in total. The maximum absolute atomic E-state index is 4.55. The first-order chi connectivity index (χ1) is 12.4. The first kappa shape index (κ1) is 20.3. The molecule has 0 aromatic carbocycles. The molecule has 0 radical (unpaired) electrons. The smallest absolute Gasteiger partial charge is 0.122 e. The van der Waals surface area contributed by atoms with Gasteiger partial charge >= 0.3 is 0 Å². The van der Waals surface area contributed by atoms with Crippen molar-refractivity contribution >= 4 is 12.4 Å². The second-order valence-corrected chi connectivity index (χ2v) is 9.02. The van der Waals surface area contributed by atoms with Crippen LogP contribution in [0.3, 0.4) is 0 Å². The maximum atomic E-state index is 4.55. The van der Waals surface area contributed by atoms with E-state index in [0.29, 0.717) is 11.5 Å². The summed E-state index contributed by atoms with van der Waals surface area (Å²) in [5.41, 5.74) is 1.51. The van der Waals surface area contributed by atoms with E-state index in [-0.39, 0.29) is 17.9 Å². The molecular weight excluding hydrogens is 362 g/mol. The zero-order chi connectivity index (χ0) is 18.4. The number of imidazole rings is 1. The van der Waals surface area contributed by atoms with Crippen molar-refractivity contribution in [2.24, 2.45) is 12.5 Å². The third-order valence-electron chi connectivity index (χ3n) is 6.05. The van der Waals surface area contributed by atoms with Crippen LogP contribution in [0.5, 0.6) is 0 Å². The molecule has 2 aliphatic rings. The minimum absolute atomic E-state index is 0. The van der Waals surface area contributed by atoms with E-state index in [4.69, 9.17) is 0 Å². The van der Waals surface area contributed by atoms with Crippen LogP contribution >= 0.6 is 12.4 Å². The highest BCUT2D eigenvalue weighted by Crippen LogP contribution is 2.56. The molecule has 150 valence electrons. The van der Waals surface area contributed by atoms with Gasteiger partial charge in [-0.1, -0.05) is 5.21 Å². The molecule has 1 aliphatic heterocycles. The van der Waals surface area contributed by atoms with Crippen LogP contribution in [0.1, 0.15) is 51.6 Å². The minimum Gasteiger partial charge on any atom is -0.337 e. The van der Waals surface area contributed by atoms with Gasteiger partial charge in [-0.25, -0.2) is 9.67 Å². The lowest BCUT2D eigenvalue weighted by Crippen LogP contribution is -2.36. The van der Waals surface area contributed by atoms with E-state index in [9.17, 15) is 0 Å². The summed E-state index contributed by atoms with van der Waals surface area (Å²) in [5.74, 6) is 1.11. The quantitative estimate of drug-likeness (QED) is 0.844. The molecule has 2 fully saturated rings. The van der Waals surface area contributed by atoms with Gasteiger partial charge in [0.1, 0.15) is 5.82 Å². The van der Waals surface area contributed by atoms with E-state index in [1.165, 1.54) is 19.3 Å². The van der Waals surface area contributed by atoms with Gasteiger partial charge in [0, 0.05) is 32.0 Å². The van der Waals surface area contributed by atoms with Crippen LogP contribution in [0.25, 0.3) is 0 Å². The highest BCUT2D eigenvalue weighted by atomic mass is 35.5. The lowest BCUT2D eigenvalue weighted by atomic mass is 9.93. The van der Waals surface area contributed by atoms with Crippen LogP contribution in [-0.4, -0.2) is 48.6 Å². The van der Waals surface area contributed by atoms with Crippen molar-refractivity contribution in [2.45, 2.75) is 64.7 Å². The fraction of sp³-hybridized carbons (Fsp3) is 0.737. The first-order valence-corrected chi connectivity index (χ1v) is 9.70. The monoisotopic (exact) mass is 393 g/mol. The lowest BCUT2D eigenvalue weighted by molar-refractivity contribution is 0.181. The van der Waals surface area contributed by atoms with Crippen molar-refractivity contribution in [3.8, 4) is 0 Å². The summed E-state index contributed by atoms with van der Waals surface area (Å²) in [6, 6.07) is 0.626. The van der Waals surface area contributed by atoms with Crippen LogP contribution < -0.4 is 5.32 Å². The van der Waals surface area contributed by atoms with Crippen LogP contribution in [-0.2, 0) is 25.7 Å². The average molecular weight is 394 g/mol. The molecule has 0 amide bonds. The molecule has 1 saturated heterocycles. The molecule has 1 N–H and O–H groups in total. The number of hydrogen-bond acceptors (Lipinski definition) is 5. The number of aryl methyl sites for hydroxylation is 1. The Labute approximate surface area is 167 Å².